The molecule has 0 N–H and O–H groups in total. The van der Waals surface area contributed by atoms with E-state index in [9.17, 15) is 13.2 Å². The number of rotatable bonds is 5. The second kappa shape index (κ2) is 7.70. The average Bonchev–Trinajstić information content (AvgIpc) is 3.14. The molecule has 1 amide bonds. The maximum atomic E-state index is 12.9. The fraction of sp³-hybridized carbons (Fsp3) is 0.941. The predicted octanol–water partition coefficient (Wildman–Crippen LogP) is 0.913. The van der Waals surface area contributed by atoms with Gasteiger partial charge in [0.2, 0.25) is 5.91 Å². The van der Waals surface area contributed by atoms with Crippen LogP contribution < -0.4 is 0 Å². The van der Waals surface area contributed by atoms with Crippen molar-refractivity contribution in [3.8, 4) is 0 Å². The van der Waals surface area contributed by atoms with Crippen LogP contribution in [0.2, 0.25) is 0 Å². The van der Waals surface area contributed by atoms with Gasteiger partial charge in [-0.05, 0) is 44.6 Å². The van der Waals surface area contributed by atoms with Gasteiger partial charge in [0.15, 0.2) is 9.84 Å². The van der Waals surface area contributed by atoms with Crippen molar-refractivity contribution < 1.29 is 17.9 Å². The molecule has 3 fully saturated rings. The van der Waals surface area contributed by atoms with Crippen LogP contribution in [-0.2, 0) is 19.4 Å². The van der Waals surface area contributed by atoms with Gasteiger partial charge >= 0.3 is 0 Å². The summed E-state index contributed by atoms with van der Waals surface area (Å²) in [4.78, 5) is 17.0. The molecule has 3 aliphatic heterocycles. The van der Waals surface area contributed by atoms with Gasteiger partial charge in [0, 0.05) is 25.7 Å². The van der Waals surface area contributed by atoms with Gasteiger partial charge in [-0.1, -0.05) is 6.92 Å². The van der Waals surface area contributed by atoms with Crippen LogP contribution in [0.15, 0.2) is 0 Å². The van der Waals surface area contributed by atoms with Gasteiger partial charge in [-0.15, -0.1) is 0 Å². The average molecular weight is 359 g/mol. The molecule has 0 unspecified atom stereocenters. The highest BCUT2D eigenvalue weighted by atomic mass is 32.2. The molecule has 0 aliphatic carbocycles. The SMILES string of the molecule is C[C@@H]1CCCN(CC(=O)N(C[C@H]2CCCO2)[C@@H]2CCS(=O)(=O)C2)C1. The minimum atomic E-state index is -3.00. The predicted molar refractivity (Wildman–Crippen MR) is 92.6 cm³/mol. The largest absolute Gasteiger partial charge is 0.376 e. The number of amides is 1. The van der Waals surface area contributed by atoms with Gasteiger partial charge in [0.1, 0.15) is 0 Å². The summed E-state index contributed by atoms with van der Waals surface area (Å²) in [6.45, 7) is 5.86. The van der Waals surface area contributed by atoms with Crippen molar-refractivity contribution in [2.75, 3.05) is 44.3 Å². The summed E-state index contributed by atoms with van der Waals surface area (Å²) in [6.07, 6.45) is 4.99. The van der Waals surface area contributed by atoms with Crippen molar-refractivity contribution in [1.82, 2.24) is 9.80 Å². The number of carbonyl (C=O) groups excluding carboxylic acids is 1. The Morgan fingerprint density at radius 1 is 1.25 bits per heavy atom. The maximum Gasteiger partial charge on any atom is 0.237 e. The van der Waals surface area contributed by atoms with Gasteiger partial charge in [-0.25, -0.2) is 8.42 Å². The molecule has 0 saturated carbocycles. The lowest BCUT2D eigenvalue weighted by Crippen LogP contribution is -2.50. The van der Waals surface area contributed by atoms with E-state index >= 15 is 0 Å². The molecule has 24 heavy (non-hydrogen) atoms. The molecule has 0 aromatic rings. The lowest BCUT2D eigenvalue weighted by atomic mass is 10.0. The zero-order chi connectivity index (χ0) is 17.2. The standard InChI is InChI=1S/C17H30N2O4S/c1-14-4-2-7-18(10-14)12-17(20)19(11-16-5-3-8-23-16)15-6-9-24(21,22)13-15/h14-16H,2-13H2,1H3/t14-,15-,16-/m1/s1. The summed E-state index contributed by atoms with van der Waals surface area (Å²) in [7, 11) is -3.00. The molecular weight excluding hydrogens is 328 g/mol. The van der Waals surface area contributed by atoms with E-state index in [0.717, 1.165) is 39.0 Å². The topological polar surface area (TPSA) is 66.9 Å². The first-order chi connectivity index (χ1) is 11.4. The van der Waals surface area contributed by atoms with Gasteiger partial charge in [0.05, 0.1) is 24.2 Å². The first kappa shape index (κ1) is 18.1. The molecule has 3 rings (SSSR count). The van der Waals surface area contributed by atoms with E-state index < -0.39 is 9.84 Å². The smallest absolute Gasteiger partial charge is 0.237 e. The van der Waals surface area contributed by atoms with Crippen LogP contribution in [0.3, 0.4) is 0 Å². The second-order valence-corrected chi connectivity index (χ2v) is 9.95. The number of likely N-dealkylation sites (tertiary alicyclic amines) is 1. The van der Waals surface area contributed by atoms with E-state index in [1.165, 1.54) is 6.42 Å². The van der Waals surface area contributed by atoms with Gasteiger partial charge in [-0.3, -0.25) is 9.69 Å². The molecule has 0 radical (unpaired) electrons. The Kier molecular flexibility index (Phi) is 5.82. The van der Waals surface area contributed by atoms with E-state index in [4.69, 9.17) is 4.74 Å². The van der Waals surface area contributed by atoms with E-state index in [1.54, 1.807) is 0 Å². The van der Waals surface area contributed by atoms with Crippen LogP contribution in [-0.4, -0.2) is 80.6 Å². The lowest BCUT2D eigenvalue weighted by molar-refractivity contribution is -0.136. The van der Waals surface area contributed by atoms with E-state index in [2.05, 4.69) is 11.8 Å². The monoisotopic (exact) mass is 358 g/mol. The number of carbonyl (C=O) groups is 1. The Balaban J connectivity index is 1.64. The van der Waals surface area contributed by atoms with E-state index in [-0.39, 0.29) is 29.6 Å². The fourth-order valence-corrected chi connectivity index (χ4v) is 5.93. The normalized spacial score (nSPS) is 33.6. The van der Waals surface area contributed by atoms with Crippen molar-refractivity contribution in [2.24, 2.45) is 5.92 Å². The summed E-state index contributed by atoms with van der Waals surface area (Å²) >= 11 is 0. The summed E-state index contributed by atoms with van der Waals surface area (Å²) in [5, 5.41) is 0. The van der Waals surface area contributed by atoms with Crippen molar-refractivity contribution in [3.63, 3.8) is 0 Å². The van der Waals surface area contributed by atoms with E-state index in [0.29, 0.717) is 25.4 Å². The Morgan fingerprint density at radius 2 is 2.08 bits per heavy atom. The minimum Gasteiger partial charge on any atom is -0.376 e. The third-order valence-corrected chi connectivity index (χ3v) is 7.24. The Hall–Kier alpha value is -0.660. The quantitative estimate of drug-likeness (QED) is 0.731. The number of ether oxygens (including phenoxy) is 1. The lowest BCUT2D eigenvalue weighted by Gasteiger charge is -2.35. The Labute approximate surface area is 145 Å². The number of hydrogen-bond donors (Lipinski definition) is 0. The number of nitrogens with zero attached hydrogens (tertiary/aromatic N) is 2. The molecule has 0 bridgehead atoms. The molecule has 3 saturated heterocycles. The molecule has 138 valence electrons. The highest BCUT2D eigenvalue weighted by molar-refractivity contribution is 7.91. The van der Waals surface area contributed by atoms with Crippen LogP contribution in [0.1, 0.15) is 39.0 Å². The Morgan fingerprint density at radius 3 is 2.71 bits per heavy atom. The van der Waals surface area contributed by atoms with Gasteiger partial charge in [0.25, 0.3) is 0 Å². The van der Waals surface area contributed by atoms with Crippen LogP contribution >= 0.6 is 0 Å². The minimum absolute atomic E-state index is 0.0672. The fourth-order valence-electron chi connectivity index (χ4n) is 4.20. The second-order valence-electron chi connectivity index (χ2n) is 7.72. The highest BCUT2D eigenvalue weighted by Gasteiger charge is 2.36. The third kappa shape index (κ3) is 4.70. The Bertz CT molecular complexity index is 545. The molecule has 0 aromatic carbocycles. The van der Waals surface area contributed by atoms with Crippen LogP contribution in [0.5, 0.6) is 0 Å². The molecular formula is C17H30N2O4S. The summed E-state index contributed by atoms with van der Waals surface area (Å²) in [6, 6.07) is -0.172. The maximum absolute atomic E-state index is 12.9. The number of hydrogen-bond acceptors (Lipinski definition) is 5. The molecule has 7 heteroatoms. The molecule has 3 aliphatic rings. The van der Waals surface area contributed by atoms with Crippen LogP contribution in [0, 0.1) is 5.92 Å². The van der Waals surface area contributed by atoms with Crippen molar-refractivity contribution in [1.29, 1.82) is 0 Å². The molecule has 6 nitrogen and oxygen atoms in total. The van der Waals surface area contributed by atoms with Crippen molar-refractivity contribution in [2.45, 2.75) is 51.2 Å². The summed E-state index contributed by atoms with van der Waals surface area (Å²) in [5.41, 5.74) is 0. The van der Waals surface area contributed by atoms with Crippen molar-refractivity contribution in [3.05, 3.63) is 0 Å². The first-order valence-corrected chi connectivity index (χ1v) is 11.1. The zero-order valence-corrected chi connectivity index (χ0v) is 15.5. The first-order valence-electron chi connectivity index (χ1n) is 9.27. The number of sulfone groups is 1. The molecule has 3 heterocycles. The molecule has 0 spiro atoms. The summed E-state index contributed by atoms with van der Waals surface area (Å²) < 4.78 is 29.4. The van der Waals surface area contributed by atoms with Crippen molar-refractivity contribution >= 4 is 15.7 Å². The van der Waals surface area contributed by atoms with Gasteiger partial charge < -0.3 is 9.64 Å². The molecule has 3 atom stereocenters. The van der Waals surface area contributed by atoms with Gasteiger partial charge in [-0.2, -0.15) is 0 Å². The zero-order valence-electron chi connectivity index (χ0n) is 14.7. The summed E-state index contributed by atoms with van der Waals surface area (Å²) in [5.74, 6) is 1.02. The molecule has 0 aromatic heterocycles. The van der Waals surface area contributed by atoms with E-state index in [1.807, 2.05) is 4.90 Å². The highest BCUT2D eigenvalue weighted by Crippen LogP contribution is 2.22. The van der Waals surface area contributed by atoms with Crippen LogP contribution in [0.4, 0.5) is 0 Å². The number of piperidine rings is 1. The van der Waals surface area contributed by atoms with Crippen LogP contribution in [0.25, 0.3) is 0 Å². The third-order valence-electron chi connectivity index (χ3n) is 5.49.